The van der Waals surface area contributed by atoms with Crippen molar-refractivity contribution in [3.63, 3.8) is 0 Å². The van der Waals surface area contributed by atoms with E-state index in [2.05, 4.69) is 35.3 Å². The van der Waals surface area contributed by atoms with E-state index in [1.54, 1.807) is 30.3 Å². The Morgan fingerprint density at radius 3 is 2.13 bits per heavy atom. The lowest BCUT2D eigenvalue weighted by molar-refractivity contribution is 0.265. The molecule has 1 N–H and O–H groups in total. The van der Waals surface area contributed by atoms with Gasteiger partial charge in [0.15, 0.2) is 0 Å². The fourth-order valence-electron chi connectivity index (χ4n) is 3.38. The SMILES string of the molecule is CCN(CC)[C@H](C#Cc1ccccc1)c1ccccc1NS(=O)(=O)c1ccc(C)cc1. The van der Waals surface area contributed by atoms with E-state index in [-0.39, 0.29) is 10.9 Å². The van der Waals surface area contributed by atoms with Crippen LogP contribution >= 0.6 is 0 Å². The maximum absolute atomic E-state index is 13.0. The van der Waals surface area contributed by atoms with E-state index >= 15 is 0 Å². The summed E-state index contributed by atoms with van der Waals surface area (Å²) in [6.07, 6.45) is 0. The molecule has 0 amide bonds. The van der Waals surface area contributed by atoms with E-state index in [9.17, 15) is 8.42 Å². The number of para-hydroxylation sites is 1. The van der Waals surface area contributed by atoms with Crippen molar-refractivity contribution < 1.29 is 8.42 Å². The molecule has 1 atom stereocenters. The maximum Gasteiger partial charge on any atom is 0.261 e. The highest BCUT2D eigenvalue weighted by molar-refractivity contribution is 7.92. The Kier molecular flexibility index (Phi) is 7.51. The molecular formula is C26H28N2O2S. The van der Waals surface area contributed by atoms with Crippen LogP contribution in [-0.2, 0) is 10.0 Å². The molecule has 160 valence electrons. The molecule has 0 bridgehead atoms. The molecule has 0 fully saturated rings. The second-order valence-corrected chi connectivity index (χ2v) is 8.95. The lowest BCUT2D eigenvalue weighted by atomic mass is 10.0. The van der Waals surface area contributed by atoms with E-state index in [0.717, 1.165) is 29.8 Å². The van der Waals surface area contributed by atoms with Gasteiger partial charge in [0.05, 0.1) is 16.6 Å². The molecule has 3 rings (SSSR count). The van der Waals surface area contributed by atoms with E-state index in [1.807, 2.05) is 55.5 Å². The number of anilines is 1. The number of nitrogens with zero attached hydrogens (tertiary/aromatic N) is 1. The average molecular weight is 433 g/mol. The number of hydrogen-bond acceptors (Lipinski definition) is 3. The standard InChI is InChI=1S/C26H28N2O2S/c1-4-28(5-2)26(20-17-22-11-7-6-8-12-22)24-13-9-10-14-25(24)27-31(29,30)23-18-15-21(3)16-19-23/h6-16,18-19,26-27H,4-5H2,1-3H3/t26-/m1/s1. The van der Waals surface area contributed by atoms with E-state index < -0.39 is 10.0 Å². The van der Waals surface area contributed by atoms with Crippen LogP contribution in [0.5, 0.6) is 0 Å². The van der Waals surface area contributed by atoms with Gasteiger partial charge in [-0.2, -0.15) is 0 Å². The topological polar surface area (TPSA) is 49.4 Å². The number of sulfonamides is 1. The van der Waals surface area contributed by atoms with Gasteiger partial charge >= 0.3 is 0 Å². The van der Waals surface area contributed by atoms with Crippen LogP contribution < -0.4 is 4.72 Å². The number of aryl methyl sites for hydroxylation is 1. The molecule has 4 nitrogen and oxygen atoms in total. The molecule has 31 heavy (non-hydrogen) atoms. The second kappa shape index (κ2) is 10.3. The summed E-state index contributed by atoms with van der Waals surface area (Å²) >= 11 is 0. The largest absolute Gasteiger partial charge is 0.287 e. The molecule has 0 aliphatic heterocycles. The third-order valence-corrected chi connectivity index (χ3v) is 6.52. The Morgan fingerprint density at radius 2 is 1.48 bits per heavy atom. The molecule has 0 aliphatic carbocycles. The van der Waals surface area contributed by atoms with Crippen LogP contribution in [0.15, 0.2) is 83.8 Å². The molecule has 0 saturated carbocycles. The van der Waals surface area contributed by atoms with Crippen LogP contribution in [0, 0.1) is 18.8 Å². The normalized spacial score (nSPS) is 12.1. The lowest BCUT2D eigenvalue weighted by Crippen LogP contribution is -2.28. The molecule has 3 aromatic carbocycles. The van der Waals surface area contributed by atoms with Gasteiger partial charge in [0.1, 0.15) is 0 Å². The average Bonchev–Trinajstić information content (AvgIpc) is 2.78. The highest BCUT2D eigenvalue weighted by Gasteiger charge is 2.22. The minimum Gasteiger partial charge on any atom is -0.287 e. The molecule has 0 unspecified atom stereocenters. The van der Waals surface area contributed by atoms with Crippen LogP contribution in [0.4, 0.5) is 5.69 Å². The van der Waals surface area contributed by atoms with Gasteiger partial charge in [-0.1, -0.05) is 79.8 Å². The molecule has 0 aromatic heterocycles. The van der Waals surface area contributed by atoms with E-state index in [1.165, 1.54) is 0 Å². The summed E-state index contributed by atoms with van der Waals surface area (Å²) in [5, 5.41) is 0. The van der Waals surface area contributed by atoms with Gasteiger partial charge in [-0.3, -0.25) is 9.62 Å². The summed E-state index contributed by atoms with van der Waals surface area (Å²) in [5.74, 6) is 6.62. The van der Waals surface area contributed by atoms with E-state index in [4.69, 9.17) is 0 Å². The third kappa shape index (κ3) is 5.75. The van der Waals surface area contributed by atoms with Gasteiger partial charge in [-0.25, -0.2) is 8.42 Å². The monoisotopic (exact) mass is 432 g/mol. The molecule has 0 saturated heterocycles. The molecule has 3 aromatic rings. The Balaban J connectivity index is 2.01. The molecule has 0 spiro atoms. The number of hydrogen-bond donors (Lipinski definition) is 1. The number of nitrogens with one attached hydrogen (secondary N) is 1. The maximum atomic E-state index is 13.0. The fraction of sp³-hybridized carbons (Fsp3) is 0.231. The van der Waals surface area contributed by atoms with Crippen molar-refractivity contribution in [1.82, 2.24) is 4.90 Å². The molecular weight excluding hydrogens is 404 g/mol. The van der Waals surface area contributed by atoms with Crippen LogP contribution in [0.25, 0.3) is 0 Å². The number of rotatable bonds is 7. The quantitative estimate of drug-likeness (QED) is 0.520. The third-order valence-electron chi connectivity index (χ3n) is 5.14. The first-order chi connectivity index (χ1) is 14.9. The van der Waals surface area contributed by atoms with Gasteiger partial charge in [-0.05, 0) is 50.3 Å². The van der Waals surface area contributed by atoms with Crippen LogP contribution in [-0.4, -0.2) is 26.4 Å². The summed E-state index contributed by atoms with van der Waals surface area (Å²) in [6, 6.07) is 23.9. The minimum absolute atomic E-state index is 0.239. The fourth-order valence-corrected chi connectivity index (χ4v) is 4.46. The molecule has 5 heteroatoms. The Bertz CT molecular complexity index is 1160. The van der Waals surface area contributed by atoms with Crippen molar-refractivity contribution in [1.29, 1.82) is 0 Å². The number of benzene rings is 3. The zero-order chi connectivity index (χ0) is 22.3. The zero-order valence-electron chi connectivity index (χ0n) is 18.2. The molecule has 0 aliphatic rings. The summed E-state index contributed by atoms with van der Waals surface area (Å²) < 4.78 is 28.8. The summed E-state index contributed by atoms with van der Waals surface area (Å²) in [6.45, 7) is 7.69. The predicted octanol–water partition coefficient (Wildman–Crippen LogP) is 5.23. The Morgan fingerprint density at radius 1 is 0.871 bits per heavy atom. The van der Waals surface area contributed by atoms with Gasteiger partial charge in [0, 0.05) is 11.1 Å². The Labute approximate surface area is 186 Å². The molecule has 0 heterocycles. The molecule has 0 radical (unpaired) electrons. The van der Waals surface area contributed by atoms with Crippen LogP contribution in [0.1, 0.15) is 36.6 Å². The van der Waals surface area contributed by atoms with Gasteiger partial charge in [0.25, 0.3) is 10.0 Å². The first-order valence-corrected chi connectivity index (χ1v) is 11.9. The van der Waals surface area contributed by atoms with Crippen molar-refractivity contribution in [3.8, 4) is 11.8 Å². The van der Waals surface area contributed by atoms with Crippen molar-refractivity contribution in [2.45, 2.75) is 31.7 Å². The van der Waals surface area contributed by atoms with Crippen LogP contribution in [0.3, 0.4) is 0 Å². The van der Waals surface area contributed by atoms with Crippen molar-refractivity contribution in [2.75, 3.05) is 17.8 Å². The van der Waals surface area contributed by atoms with E-state index in [0.29, 0.717) is 5.69 Å². The van der Waals surface area contributed by atoms with Gasteiger partial charge in [0.2, 0.25) is 0 Å². The predicted molar refractivity (Wildman–Crippen MR) is 127 cm³/mol. The summed E-state index contributed by atoms with van der Waals surface area (Å²) in [7, 11) is -3.71. The second-order valence-electron chi connectivity index (χ2n) is 7.26. The van der Waals surface area contributed by atoms with Gasteiger partial charge < -0.3 is 0 Å². The summed E-state index contributed by atoms with van der Waals surface area (Å²) in [4.78, 5) is 2.46. The first-order valence-electron chi connectivity index (χ1n) is 10.4. The van der Waals surface area contributed by atoms with Crippen LogP contribution in [0.2, 0.25) is 0 Å². The zero-order valence-corrected chi connectivity index (χ0v) is 19.0. The van der Waals surface area contributed by atoms with Crippen molar-refractivity contribution in [2.24, 2.45) is 0 Å². The van der Waals surface area contributed by atoms with Crippen molar-refractivity contribution >= 4 is 15.7 Å². The van der Waals surface area contributed by atoms with Crippen molar-refractivity contribution in [3.05, 3.63) is 95.6 Å². The minimum atomic E-state index is -3.71. The summed E-state index contributed by atoms with van der Waals surface area (Å²) in [5.41, 5.74) is 3.32. The van der Waals surface area contributed by atoms with Gasteiger partial charge in [-0.15, -0.1) is 0 Å². The highest BCUT2D eigenvalue weighted by Crippen LogP contribution is 2.29. The first kappa shape index (κ1) is 22.6. The lowest BCUT2D eigenvalue weighted by Gasteiger charge is -2.27. The Hall–Kier alpha value is -3.07. The highest BCUT2D eigenvalue weighted by atomic mass is 32.2. The smallest absolute Gasteiger partial charge is 0.261 e.